The van der Waals surface area contributed by atoms with Gasteiger partial charge in [-0.3, -0.25) is 0 Å². The number of sulfonamides is 1. The molecule has 1 atom stereocenters. The highest BCUT2D eigenvalue weighted by Crippen LogP contribution is 2.29. The maximum atomic E-state index is 11.9. The Kier molecular flexibility index (Phi) is 2.76. The van der Waals surface area contributed by atoms with Crippen molar-refractivity contribution in [2.45, 2.75) is 11.8 Å². The first-order valence-corrected chi connectivity index (χ1v) is 6.57. The van der Waals surface area contributed by atoms with Gasteiger partial charge in [-0.2, -0.15) is 0 Å². The van der Waals surface area contributed by atoms with Gasteiger partial charge in [-0.05, 0) is 12.5 Å². The molecule has 0 radical (unpaired) electrons. The zero-order valence-electron chi connectivity index (χ0n) is 9.32. The maximum absolute atomic E-state index is 11.9. The van der Waals surface area contributed by atoms with Gasteiger partial charge in [0.05, 0.1) is 6.33 Å². The Balaban J connectivity index is 2.70. The fourth-order valence-electron chi connectivity index (χ4n) is 1.72. The highest BCUT2D eigenvalue weighted by molar-refractivity contribution is 7.90. The molecule has 0 aliphatic heterocycles. The molecule has 1 aromatic carbocycles. The molecule has 0 saturated heterocycles. The highest BCUT2D eigenvalue weighted by atomic mass is 32.2. The van der Waals surface area contributed by atoms with Crippen LogP contribution in [0.15, 0.2) is 49.1 Å². The molecule has 2 rings (SSSR count). The van der Waals surface area contributed by atoms with Gasteiger partial charge >= 0.3 is 0 Å². The van der Waals surface area contributed by atoms with Gasteiger partial charge in [-0.25, -0.2) is 18.5 Å². The third-order valence-corrected chi connectivity index (χ3v) is 4.42. The number of imidazole rings is 1. The zero-order chi connectivity index (χ0) is 12.5. The van der Waals surface area contributed by atoms with Crippen molar-refractivity contribution in [3.8, 4) is 0 Å². The van der Waals surface area contributed by atoms with Gasteiger partial charge in [0.25, 0.3) is 0 Å². The Hall–Kier alpha value is -1.66. The summed E-state index contributed by atoms with van der Waals surface area (Å²) in [5, 5.41) is 5.36. The van der Waals surface area contributed by atoms with E-state index in [0.717, 1.165) is 0 Å². The fraction of sp³-hybridized carbons (Fsp3) is 0.182. The monoisotopic (exact) mass is 251 g/mol. The first kappa shape index (κ1) is 11.8. The lowest BCUT2D eigenvalue weighted by Crippen LogP contribution is -2.43. The predicted octanol–water partition coefficient (Wildman–Crippen LogP) is 0.893. The Morgan fingerprint density at radius 2 is 1.94 bits per heavy atom. The molecular formula is C11H13N3O2S. The van der Waals surface area contributed by atoms with Gasteiger partial charge in [-0.1, -0.05) is 30.3 Å². The zero-order valence-corrected chi connectivity index (χ0v) is 10.1. The molecule has 90 valence electrons. The van der Waals surface area contributed by atoms with Crippen molar-refractivity contribution < 1.29 is 8.42 Å². The Morgan fingerprint density at radius 3 is 2.41 bits per heavy atom. The Labute approximate surface area is 100.0 Å². The van der Waals surface area contributed by atoms with Crippen molar-refractivity contribution in [2.24, 2.45) is 5.14 Å². The normalized spacial score (nSPS) is 15.4. The summed E-state index contributed by atoms with van der Waals surface area (Å²) < 4.78 is 25.2. The fourth-order valence-corrected chi connectivity index (χ4v) is 2.59. The number of aromatic nitrogens is 2. The lowest BCUT2D eigenvalue weighted by molar-refractivity contribution is 0.493. The molecule has 0 fully saturated rings. The summed E-state index contributed by atoms with van der Waals surface area (Å²) in [5.41, 5.74) is 0.598. The van der Waals surface area contributed by atoms with Crippen molar-refractivity contribution in [1.29, 1.82) is 0 Å². The molecule has 0 aliphatic carbocycles. The summed E-state index contributed by atoms with van der Waals surface area (Å²) >= 11 is 0. The molecule has 17 heavy (non-hydrogen) atoms. The van der Waals surface area contributed by atoms with Crippen LogP contribution in [0.3, 0.4) is 0 Å². The van der Waals surface area contributed by atoms with E-state index in [1.807, 2.05) is 6.07 Å². The molecule has 1 unspecified atom stereocenters. The first-order valence-electron chi connectivity index (χ1n) is 5.02. The molecule has 2 aromatic rings. The SMILES string of the molecule is CC(c1ccccc1)(n1ccnc1)S(N)(=O)=O. The Morgan fingerprint density at radius 1 is 1.29 bits per heavy atom. The number of hydrogen-bond acceptors (Lipinski definition) is 3. The molecule has 0 saturated carbocycles. The van der Waals surface area contributed by atoms with Gasteiger partial charge in [0.15, 0.2) is 4.87 Å². The van der Waals surface area contributed by atoms with Gasteiger partial charge in [-0.15, -0.1) is 0 Å². The van der Waals surface area contributed by atoms with Crippen LogP contribution in [0.5, 0.6) is 0 Å². The van der Waals surface area contributed by atoms with Crippen LogP contribution < -0.4 is 5.14 Å². The van der Waals surface area contributed by atoms with E-state index in [9.17, 15) is 8.42 Å². The highest BCUT2D eigenvalue weighted by Gasteiger charge is 2.40. The third-order valence-electron chi connectivity index (χ3n) is 2.86. The minimum Gasteiger partial charge on any atom is -0.313 e. The summed E-state index contributed by atoms with van der Waals surface area (Å²) in [5.74, 6) is 0. The van der Waals surface area contributed by atoms with Gasteiger partial charge < -0.3 is 4.57 Å². The van der Waals surface area contributed by atoms with Crippen LogP contribution >= 0.6 is 0 Å². The summed E-state index contributed by atoms with van der Waals surface area (Å²) in [6, 6.07) is 8.82. The molecule has 0 aliphatic rings. The largest absolute Gasteiger partial charge is 0.313 e. The topological polar surface area (TPSA) is 78.0 Å². The number of benzene rings is 1. The van der Waals surface area contributed by atoms with Crippen LogP contribution in [0, 0.1) is 0 Å². The summed E-state index contributed by atoms with van der Waals surface area (Å²) in [7, 11) is -3.82. The standard InChI is InChI=1S/C11H13N3O2S/c1-11(17(12,15)16,14-8-7-13-9-14)10-5-3-2-4-6-10/h2-9H,1H3,(H2,12,15,16). The quantitative estimate of drug-likeness (QED) is 0.880. The minimum atomic E-state index is -3.82. The molecule has 1 heterocycles. The van der Waals surface area contributed by atoms with E-state index in [1.165, 1.54) is 17.1 Å². The molecule has 5 nitrogen and oxygen atoms in total. The van der Waals surface area contributed by atoms with Gasteiger partial charge in [0, 0.05) is 12.4 Å². The van der Waals surface area contributed by atoms with E-state index >= 15 is 0 Å². The number of nitrogens with two attached hydrogens (primary N) is 1. The number of rotatable bonds is 3. The van der Waals surface area contributed by atoms with Crippen LogP contribution in [0.2, 0.25) is 0 Å². The van der Waals surface area contributed by atoms with Crippen molar-refractivity contribution in [2.75, 3.05) is 0 Å². The second kappa shape index (κ2) is 3.97. The number of hydrogen-bond donors (Lipinski definition) is 1. The number of nitrogens with zero attached hydrogens (tertiary/aromatic N) is 2. The van der Waals surface area contributed by atoms with Crippen molar-refractivity contribution in [3.05, 3.63) is 54.6 Å². The van der Waals surface area contributed by atoms with Gasteiger partial charge in [0.2, 0.25) is 10.0 Å². The van der Waals surface area contributed by atoms with E-state index in [0.29, 0.717) is 5.56 Å². The summed E-state index contributed by atoms with van der Waals surface area (Å²) in [6.45, 7) is 1.55. The smallest absolute Gasteiger partial charge is 0.237 e. The van der Waals surface area contributed by atoms with Gasteiger partial charge in [0.1, 0.15) is 0 Å². The molecule has 6 heteroatoms. The molecule has 0 amide bonds. The molecule has 2 N–H and O–H groups in total. The van der Waals surface area contributed by atoms with Crippen LogP contribution in [0.4, 0.5) is 0 Å². The lowest BCUT2D eigenvalue weighted by Gasteiger charge is -2.29. The molecular weight excluding hydrogens is 238 g/mol. The van der Waals surface area contributed by atoms with Crippen LogP contribution in [0.1, 0.15) is 12.5 Å². The minimum absolute atomic E-state index is 0.598. The van der Waals surface area contributed by atoms with Crippen LogP contribution in [-0.4, -0.2) is 18.0 Å². The van der Waals surface area contributed by atoms with E-state index < -0.39 is 14.9 Å². The molecule has 0 spiro atoms. The third kappa shape index (κ3) is 1.85. The summed E-state index contributed by atoms with van der Waals surface area (Å²) in [6.07, 6.45) is 4.54. The van der Waals surface area contributed by atoms with E-state index in [-0.39, 0.29) is 0 Å². The second-order valence-corrected chi connectivity index (χ2v) is 5.75. The average molecular weight is 251 g/mol. The average Bonchev–Trinajstić information content (AvgIpc) is 2.81. The van der Waals surface area contributed by atoms with Crippen LogP contribution in [-0.2, 0) is 14.9 Å². The van der Waals surface area contributed by atoms with Crippen molar-refractivity contribution >= 4 is 10.0 Å². The molecule has 0 bridgehead atoms. The lowest BCUT2D eigenvalue weighted by atomic mass is 10.1. The van der Waals surface area contributed by atoms with E-state index in [4.69, 9.17) is 5.14 Å². The van der Waals surface area contributed by atoms with Crippen molar-refractivity contribution in [3.63, 3.8) is 0 Å². The number of primary sulfonamides is 1. The second-order valence-electron chi connectivity index (χ2n) is 3.86. The maximum Gasteiger partial charge on any atom is 0.237 e. The predicted molar refractivity (Wildman–Crippen MR) is 64.5 cm³/mol. The van der Waals surface area contributed by atoms with E-state index in [2.05, 4.69) is 4.98 Å². The van der Waals surface area contributed by atoms with Crippen LogP contribution in [0.25, 0.3) is 0 Å². The molecule has 1 aromatic heterocycles. The van der Waals surface area contributed by atoms with E-state index in [1.54, 1.807) is 37.4 Å². The Bertz CT molecular complexity index is 593. The summed E-state index contributed by atoms with van der Waals surface area (Å²) in [4.78, 5) is 2.53. The van der Waals surface area contributed by atoms with Crippen molar-refractivity contribution in [1.82, 2.24) is 9.55 Å². The first-order chi connectivity index (χ1) is 7.96.